The Kier molecular flexibility index (Phi) is 5.20. The third kappa shape index (κ3) is 3.47. The molecule has 1 aromatic rings. The van der Waals surface area contributed by atoms with Crippen LogP contribution in [0.5, 0.6) is 0 Å². The van der Waals surface area contributed by atoms with Gasteiger partial charge < -0.3 is 10.6 Å². The number of nitrogens with two attached hydrogens (primary N) is 1. The highest BCUT2D eigenvalue weighted by molar-refractivity contribution is 5.54. The minimum absolute atomic E-state index is 0.122. The second-order valence-electron chi connectivity index (χ2n) is 5.53. The van der Waals surface area contributed by atoms with Crippen LogP contribution in [0.15, 0.2) is 18.2 Å². The summed E-state index contributed by atoms with van der Waals surface area (Å²) in [4.78, 5) is 2.28. The van der Waals surface area contributed by atoms with Gasteiger partial charge in [0, 0.05) is 24.3 Å². The molecule has 2 N–H and O–H groups in total. The van der Waals surface area contributed by atoms with Crippen molar-refractivity contribution in [3.05, 3.63) is 29.6 Å². The summed E-state index contributed by atoms with van der Waals surface area (Å²) in [6, 6.07) is 5.91. The first-order valence-corrected chi connectivity index (χ1v) is 7.44. The van der Waals surface area contributed by atoms with E-state index in [0.717, 1.165) is 11.3 Å². The maximum atomic E-state index is 14.0. The average Bonchev–Trinajstić information content (AvgIpc) is 2.69. The molecular formula is C16H25FN2. The van der Waals surface area contributed by atoms with Gasteiger partial charge in [0.2, 0.25) is 0 Å². The number of nitrogens with zero attached hydrogens (tertiary/aromatic N) is 1. The van der Waals surface area contributed by atoms with Crippen LogP contribution in [0, 0.1) is 5.82 Å². The quantitative estimate of drug-likeness (QED) is 0.844. The van der Waals surface area contributed by atoms with E-state index in [1.807, 2.05) is 6.07 Å². The topological polar surface area (TPSA) is 29.3 Å². The molecule has 2 nitrogen and oxygen atoms in total. The van der Waals surface area contributed by atoms with Crippen molar-refractivity contribution in [1.82, 2.24) is 0 Å². The third-order valence-corrected chi connectivity index (χ3v) is 4.24. The Balaban J connectivity index is 2.21. The molecule has 0 saturated heterocycles. The van der Waals surface area contributed by atoms with Gasteiger partial charge in [0.15, 0.2) is 0 Å². The zero-order chi connectivity index (χ0) is 13.7. The Hall–Kier alpha value is -1.09. The van der Waals surface area contributed by atoms with Gasteiger partial charge in [-0.3, -0.25) is 0 Å². The first-order chi connectivity index (χ1) is 9.24. The Labute approximate surface area is 115 Å². The number of anilines is 1. The molecule has 0 amide bonds. The van der Waals surface area contributed by atoms with Crippen LogP contribution in [-0.4, -0.2) is 19.6 Å². The first kappa shape index (κ1) is 14.3. The summed E-state index contributed by atoms with van der Waals surface area (Å²) in [5, 5.41) is 0. The van der Waals surface area contributed by atoms with Crippen LogP contribution >= 0.6 is 0 Å². The fourth-order valence-corrected chi connectivity index (χ4v) is 3.11. The van der Waals surface area contributed by atoms with Gasteiger partial charge in [-0.25, -0.2) is 4.39 Å². The second kappa shape index (κ2) is 6.90. The minimum Gasteiger partial charge on any atom is -0.371 e. The largest absolute Gasteiger partial charge is 0.371 e. The van der Waals surface area contributed by atoms with Gasteiger partial charge >= 0.3 is 0 Å². The minimum atomic E-state index is -0.122. The lowest BCUT2D eigenvalue weighted by Crippen LogP contribution is -2.32. The van der Waals surface area contributed by atoms with Crippen LogP contribution in [0.2, 0.25) is 0 Å². The van der Waals surface area contributed by atoms with Crippen LogP contribution in [0.1, 0.15) is 44.1 Å². The van der Waals surface area contributed by atoms with E-state index in [4.69, 9.17) is 5.73 Å². The molecule has 0 atom stereocenters. The number of rotatable bonds is 4. The van der Waals surface area contributed by atoms with Crippen molar-refractivity contribution in [2.75, 3.05) is 18.5 Å². The SMILES string of the molecule is CN(c1cccc(F)c1CCN)C1CCCCCC1. The highest BCUT2D eigenvalue weighted by Gasteiger charge is 2.20. The first-order valence-electron chi connectivity index (χ1n) is 7.44. The van der Waals surface area contributed by atoms with Crippen molar-refractivity contribution in [2.45, 2.75) is 51.0 Å². The number of hydrogen-bond donors (Lipinski definition) is 1. The molecule has 106 valence electrons. The molecule has 0 bridgehead atoms. The standard InChI is InChI=1S/C16H25FN2/c1-19(13-7-4-2-3-5-8-13)16-10-6-9-15(17)14(16)11-12-18/h6,9-10,13H,2-5,7-8,11-12,18H2,1H3. The van der Waals surface area contributed by atoms with Crippen molar-refractivity contribution in [3.8, 4) is 0 Å². The molecule has 1 fully saturated rings. The summed E-state index contributed by atoms with van der Waals surface area (Å²) in [6.07, 6.45) is 8.29. The van der Waals surface area contributed by atoms with Gasteiger partial charge in [0.1, 0.15) is 5.82 Å². The molecule has 1 aromatic carbocycles. The second-order valence-corrected chi connectivity index (χ2v) is 5.53. The van der Waals surface area contributed by atoms with Crippen LogP contribution in [0.3, 0.4) is 0 Å². The Morgan fingerprint density at radius 3 is 2.53 bits per heavy atom. The molecule has 0 radical (unpaired) electrons. The maximum Gasteiger partial charge on any atom is 0.128 e. The van der Waals surface area contributed by atoms with Crippen LogP contribution < -0.4 is 10.6 Å². The lowest BCUT2D eigenvalue weighted by Gasteiger charge is -2.31. The van der Waals surface area contributed by atoms with Gasteiger partial charge in [-0.2, -0.15) is 0 Å². The van der Waals surface area contributed by atoms with Crippen molar-refractivity contribution in [2.24, 2.45) is 5.73 Å². The van der Waals surface area contributed by atoms with E-state index in [-0.39, 0.29) is 5.82 Å². The molecular weight excluding hydrogens is 239 g/mol. The van der Waals surface area contributed by atoms with E-state index in [0.29, 0.717) is 19.0 Å². The number of halogens is 1. The van der Waals surface area contributed by atoms with E-state index in [2.05, 4.69) is 11.9 Å². The molecule has 0 heterocycles. The Morgan fingerprint density at radius 2 is 1.89 bits per heavy atom. The molecule has 1 aliphatic carbocycles. The highest BCUT2D eigenvalue weighted by atomic mass is 19.1. The van der Waals surface area contributed by atoms with E-state index in [9.17, 15) is 4.39 Å². The van der Waals surface area contributed by atoms with Crippen molar-refractivity contribution < 1.29 is 4.39 Å². The summed E-state index contributed by atoms with van der Waals surface area (Å²) < 4.78 is 14.0. The lowest BCUT2D eigenvalue weighted by atomic mass is 10.0. The summed E-state index contributed by atoms with van der Waals surface area (Å²) in [5.41, 5.74) is 7.42. The third-order valence-electron chi connectivity index (χ3n) is 4.24. The fourth-order valence-electron chi connectivity index (χ4n) is 3.11. The van der Waals surface area contributed by atoms with Crippen LogP contribution in [0.25, 0.3) is 0 Å². The predicted molar refractivity (Wildman–Crippen MR) is 79.1 cm³/mol. The van der Waals surface area contributed by atoms with E-state index in [1.165, 1.54) is 44.6 Å². The van der Waals surface area contributed by atoms with Gasteiger partial charge in [0.25, 0.3) is 0 Å². The molecule has 3 heteroatoms. The van der Waals surface area contributed by atoms with E-state index < -0.39 is 0 Å². The number of benzene rings is 1. The predicted octanol–water partition coefficient (Wildman–Crippen LogP) is 3.49. The molecule has 2 rings (SSSR count). The summed E-state index contributed by atoms with van der Waals surface area (Å²) in [5.74, 6) is -0.122. The van der Waals surface area contributed by atoms with Crippen LogP contribution in [0.4, 0.5) is 10.1 Å². The highest BCUT2D eigenvalue weighted by Crippen LogP contribution is 2.29. The average molecular weight is 264 g/mol. The summed E-state index contributed by atoms with van der Waals surface area (Å²) >= 11 is 0. The smallest absolute Gasteiger partial charge is 0.128 e. The van der Waals surface area contributed by atoms with Gasteiger partial charge in [0.05, 0.1) is 0 Å². The molecule has 0 aliphatic heterocycles. The molecule has 1 saturated carbocycles. The van der Waals surface area contributed by atoms with Gasteiger partial charge in [-0.15, -0.1) is 0 Å². The van der Waals surface area contributed by atoms with Crippen molar-refractivity contribution in [3.63, 3.8) is 0 Å². The van der Waals surface area contributed by atoms with Crippen molar-refractivity contribution in [1.29, 1.82) is 0 Å². The molecule has 0 aromatic heterocycles. The fraction of sp³-hybridized carbons (Fsp3) is 0.625. The summed E-state index contributed by atoms with van der Waals surface area (Å²) in [6.45, 7) is 0.492. The molecule has 0 spiro atoms. The normalized spacial score (nSPS) is 17.2. The maximum absolute atomic E-state index is 14.0. The van der Waals surface area contributed by atoms with E-state index >= 15 is 0 Å². The molecule has 19 heavy (non-hydrogen) atoms. The Bertz CT molecular complexity index is 398. The Morgan fingerprint density at radius 1 is 1.21 bits per heavy atom. The van der Waals surface area contributed by atoms with Crippen molar-refractivity contribution >= 4 is 5.69 Å². The summed E-state index contributed by atoms with van der Waals surface area (Å²) in [7, 11) is 2.10. The van der Waals surface area contributed by atoms with Crippen LogP contribution in [-0.2, 0) is 6.42 Å². The zero-order valence-corrected chi connectivity index (χ0v) is 11.9. The van der Waals surface area contributed by atoms with Gasteiger partial charge in [-0.1, -0.05) is 31.7 Å². The lowest BCUT2D eigenvalue weighted by molar-refractivity contribution is 0.547. The van der Waals surface area contributed by atoms with E-state index in [1.54, 1.807) is 6.07 Å². The molecule has 0 unspecified atom stereocenters. The van der Waals surface area contributed by atoms with Gasteiger partial charge in [-0.05, 0) is 37.9 Å². The number of hydrogen-bond acceptors (Lipinski definition) is 2. The zero-order valence-electron chi connectivity index (χ0n) is 11.9. The molecule has 1 aliphatic rings. The monoisotopic (exact) mass is 264 g/mol.